The maximum absolute atomic E-state index is 12.7. The monoisotopic (exact) mass is 453 g/mol. The first kappa shape index (κ1) is 24.3. The van der Waals surface area contributed by atoms with Crippen molar-refractivity contribution in [3.63, 3.8) is 0 Å². The summed E-state index contributed by atoms with van der Waals surface area (Å²) in [6.45, 7) is 7.38. The van der Waals surface area contributed by atoms with E-state index in [0.717, 1.165) is 5.56 Å². The van der Waals surface area contributed by atoms with Crippen LogP contribution in [0.4, 0.5) is 0 Å². The minimum absolute atomic E-state index is 0.0489. The van der Waals surface area contributed by atoms with Crippen molar-refractivity contribution in [2.45, 2.75) is 52.5 Å². The van der Waals surface area contributed by atoms with Crippen molar-refractivity contribution in [3.05, 3.63) is 65.6 Å². The molecule has 0 saturated carbocycles. The van der Waals surface area contributed by atoms with Gasteiger partial charge in [0.05, 0.1) is 30.4 Å². The Bertz CT molecular complexity index is 1090. The summed E-state index contributed by atoms with van der Waals surface area (Å²) in [5.41, 5.74) is 7.16. The van der Waals surface area contributed by atoms with Crippen LogP contribution >= 0.6 is 0 Å². The fraction of sp³-hybridized carbons (Fsp3) is 0.417. The van der Waals surface area contributed by atoms with Crippen LogP contribution in [0, 0.1) is 5.92 Å². The fourth-order valence-electron chi connectivity index (χ4n) is 3.07. The van der Waals surface area contributed by atoms with E-state index >= 15 is 0 Å². The molecule has 0 saturated heterocycles. The van der Waals surface area contributed by atoms with Gasteiger partial charge in [0.25, 0.3) is 0 Å². The molecule has 1 aromatic carbocycles. The number of pyridine rings is 1. The van der Waals surface area contributed by atoms with Gasteiger partial charge in [0.2, 0.25) is 5.91 Å². The van der Waals surface area contributed by atoms with Gasteiger partial charge in [-0.2, -0.15) is 0 Å². The highest BCUT2D eigenvalue weighted by Crippen LogP contribution is 2.19. The summed E-state index contributed by atoms with van der Waals surface area (Å²) in [5, 5.41) is 11.5. The number of carbonyl (C=O) groups excluding carboxylic acids is 2. The number of hydrogen-bond acceptors (Lipinski definition) is 7. The summed E-state index contributed by atoms with van der Waals surface area (Å²) >= 11 is 0. The molecule has 3 aromatic rings. The third kappa shape index (κ3) is 6.36. The number of rotatable bonds is 10. The summed E-state index contributed by atoms with van der Waals surface area (Å²) in [5.74, 6) is -0.430. The number of nitrogens with zero attached hydrogens (tertiary/aromatic N) is 3. The molecular formula is C24H31N5O4. The maximum Gasteiger partial charge on any atom is 0.308 e. The minimum atomic E-state index is -1.09. The Hall–Kier alpha value is -3.30. The molecule has 0 aliphatic heterocycles. The first-order valence-corrected chi connectivity index (χ1v) is 10.9. The van der Waals surface area contributed by atoms with Crippen molar-refractivity contribution in [1.29, 1.82) is 0 Å². The molecule has 0 radical (unpaired) electrons. The number of carbonyl (C=O) groups is 2. The normalized spacial score (nSPS) is 12.7. The second-order valence-electron chi connectivity index (χ2n) is 8.78. The highest BCUT2D eigenvalue weighted by molar-refractivity contribution is 5.85. The van der Waals surface area contributed by atoms with Crippen molar-refractivity contribution in [3.8, 4) is 0 Å². The smallest absolute Gasteiger partial charge is 0.308 e. The third-order valence-electron chi connectivity index (χ3n) is 4.97. The Morgan fingerprint density at radius 1 is 1.06 bits per heavy atom. The topological polar surface area (TPSA) is 121 Å². The van der Waals surface area contributed by atoms with E-state index in [4.69, 9.17) is 15.2 Å². The van der Waals surface area contributed by atoms with Gasteiger partial charge in [-0.3, -0.25) is 14.0 Å². The fourth-order valence-corrected chi connectivity index (χ4v) is 3.07. The van der Waals surface area contributed by atoms with Crippen molar-refractivity contribution in [2.75, 3.05) is 6.61 Å². The molecule has 3 rings (SSSR count). The molecule has 33 heavy (non-hydrogen) atoms. The van der Waals surface area contributed by atoms with E-state index in [0.29, 0.717) is 23.8 Å². The predicted molar refractivity (Wildman–Crippen MR) is 123 cm³/mol. The second kappa shape index (κ2) is 10.5. The minimum Gasteiger partial charge on any atom is -0.459 e. The first-order chi connectivity index (χ1) is 15.7. The molecule has 0 fully saturated rings. The Morgan fingerprint density at radius 3 is 2.45 bits per heavy atom. The molecule has 3 N–H and O–H groups in total. The average Bonchev–Trinajstić information content (AvgIpc) is 3.21. The van der Waals surface area contributed by atoms with E-state index in [2.05, 4.69) is 15.5 Å². The maximum atomic E-state index is 12.7. The molecule has 176 valence electrons. The van der Waals surface area contributed by atoms with Crippen LogP contribution in [0.25, 0.3) is 5.65 Å². The van der Waals surface area contributed by atoms with Gasteiger partial charge < -0.3 is 20.5 Å². The lowest BCUT2D eigenvalue weighted by Crippen LogP contribution is -2.51. The van der Waals surface area contributed by atoms with Gasteiger partial charge in [-0.25, -0.2) is 0 Å². The van der Waals surface area contributed by atoms with Gasteiger partial charge in [0.1, 0.15) is 12.6 Å². The van der Waals surface area contributed by atoms with Gasteiger partial charge in [-0.1, -0.05) is 50.2 Å². The van der Waals surface area contributed by atoms with Crippen molar-refractivity contribution in [1.82, 2.24) is 19.9 Å². The van der Waals surface area contributed by atoms with E-state index in [9.17, 15) is 9.59 Å². The summed E-state index contributed by atoms with van der Waals surface area (Å²) in [4.78, 5) is 24.7. The van der Waals surface area contributed by atoms with Gasteiger partial charge in [0.15, 0.2) is 11.5 Å². The number of fused-ring (bicyclic) bond motifs is 1. The number of nitrogens with two attached hydrogens (primary N) is 1. The van der Waals surface area contributed by atoms with Crippen LogP contribution < -0.4 is 11.1 Å². The molecule has 1 atom stereocenters. The molecule has 1 amide bonds. The highest BCUT2D eigenvalue weighted by Gasteiger charge is 2.28. The summed E-state index contributed by atoms with van der Waals surface area (Å²) < 4.78 is 13.1. The molecule has 0 aliphatic carbocycles. The number of esters is 1. The van der Waals surface area contributed by atoms with E-state index in [1.807, 2.05) is 42.5 Å². The second-order valence-corrected chi connectivity index (χ2v) is 8.78. The third-order valence-corrected chi connectivity index (χ3v) is 4.97. The number of nitrogens with one attached hydrogen (secondary N) is 1. The Kier molecular flexibility index (Phi) is 7.78. The zero-order valence-electron chi connectivity index (χ0n) is 19.4. The summed E-state index contributed by atoms with van der Waals surface area (Å²) in [7, 11) is 0. The lowest BCUT2D eigenvalue weighted by molar-refractivity contribution is -0.148. The van der Waals surface area contributed by atoms with E-state index in [-0.39, 0.29) is 31.0 Å². The van der Waals surface area contributed by atoms with Crippen molar-refractivity contribution < 1.29 is 19.1 Å². The van der Waals surface area contributed by atoms with E-state index in [1.54, 1.807) is 38.2 Å². The number of amides is 1. The number of ether oxygens (including phenoxy) is 2. The zero-order chi connectivity index (χ0) is 24.0. The first-order valence-electron chi connectivity index (χ1n) is 10.9. The predicted octanol–water partition coefficient (Wildman–Crippen LogP) is 2.54. The van der Waals surface area contributed by atoms with Crippen LogP contribution in [0.5, 0.6) is 0 Å². The number of benzene rings is 1. The lowest BCUT2D eigenvalue weighted by Gasteiger charge is -2.24. The molecule has 2 aromatic heterocycles. The molecule has 9 heteroatoms. The summed E-state index contributed by atoms with van der Waals surface area (Å²) in [6, 6.07) is 14.5. The van der Waals surface area contributed by atoms with Crippen LogP contribution in [-0.4, -0.2) is 38.6 Å². The molecular weight excluding hydrogens is 422 g/mol. The van der Waals surface area contributed by atoms with Crippen LogP contribution in [0.2, 0.25) is 0 Å². The SMILES string of the molecule is CC(C)C(=O)OCc1cccc2nnc([C@@H](COCc3ccccc3)NC(=O)C(C)(C)N)n12. The van der Waals surface area contributed by atoms with Gasteiger partial charge in [-0.05, 0) is 31.5 Å². The van der Waals surface area contributed by atoms with Gasteiger partial charge in [0, 0.05) is 0 Å². The standard InChI is InChI=1S/C24H31N5O4/c1-16(2)22(30)33-14-18-11-8-12-20-27-28-21(29(18)20)19(26-23(31)24(3,4)25)15-32-13-17-9-6-5-7-10-17/h5-12,16,19H,13-15,25H2,1-4H3,(H,26,31)/t19-/m1/s1. The summed E-state index contributed by atoms with van der Waals surface area (Å²) in [6.07, 6.45) is 0. The van der Waals surface area contributed by atoms with E-state index < -0.39 is 11.6 Å². The van der Waals surface area contributed by atoms with Gasteiger partial charge >= 0.3 is 5.97 Å². The largest absolute Gasteiger partial charge is 0.459 e. The van der Waals surface area contributed by atoms with Crippen molar-refractivity contribution in [2.24, 2.45) is 11.7 Å². The Labute approximate surface area is 193 Å². The van der Waals surface area contributed by atoms with Crippen LogP contribution in [0.1, 0.15) is 50.8 Å². The quantitative estimate of drug-likeness (QED) is 0.453. The Morgan fingerprint density at radius 2 is 1.79 bits per heavy atom. The molecule has 0 aliphatic rings. The Balaban J connectivity index is 1.88. The number of aromatic nitrogens is 3. The molecule has 2 heterocycles. The molecule has 0 spiro atoms. The van der Waals surface area contributed by atoms with Crippen molar-refractivity contribution >= 4 is 17.5 Å². The van der Waals surface area contributed by atoms with E-state index in [1.165, 1.54) is 0 Å². The average molecular weight is 454 g/mol. The molecule has 0 bridgehead atoms. The molecule has 0 unspecified atom stereocenters. The van der Waals surface area contributed by atoms with Gasteiger partial charge in [-0.15, -0.1) is 10.2 Å². The lowest BCUT2D eigenvalue weighted by atomic mass is 10.1. The van der Waals surface area contributed by atoms with Crippen LogP contribution in [0.3, 0.4) is 0 Å². The van der Waals surface area contributed by atoms with Crippen LogP contribution in [0.15, 0.2) is 48.5 Å². The van der Waals surface area contributed by atoms with Crippen LogP contribution in [-0.2, 0) is 32.3 Å². The molecule has 9 nitrogen and oxygen atoms in total. The number of hydrogen-bond donors (Lipinski definition) is 2. The highest BCUT2D eigenvalue weighted by atomic mass is 16.5. The zero-order valence-corrected chi connectivity index (χ0v) is 19.4.